The molecule has 0 aromatic rings. The molecule has 0 bridgehead atoms. The first-order valence-electron chi connectivity index (χ1n) is 1.30. The van der Waals surface area contributed by atoms with Crippen LogP contribution < -0.4 is 0 Å². The maximum atomic E-state index is 8.74. The molecule has 9 nitrogen and oxygen atoms in total. The Balaban J connectivity index is -0.0000000112. The summed E-state index contributed by atoms with van der Waals surface area (Å²) >= 11 is 0. The van der Waals surface area contributed by atoms with Gasteiger partial charge in [-0.3, -0.25) is 9.13 Å². The fraction of sp³-hybridized carbons (Fsp3) is 0. The zero-order valence-corrected chi connectivity index (χ0v) is 10.1. The summed E-state index contributed by atoms with van der Waals surface area (Å²) in [6.07, 6.45) is 0. The van der Waals surface area contributed by atoms with E-state index in [2.05, 4.69) is 0 Å². The normalized spacial score (nSPS) is 5.83. The molecule has 0 spiro atoms. The number of rotatable bonds is 0. The molecule has 1 radical (unpaired) electrons. The zero-order valence-electron chi connectivity index (χ0n) is 6.11. The molecule has 0 rings (SSSR count). The third kappa shape index (κ3) is 832. The van der Waals surface area contributed by atoms with Crippen molar-refractivity contribution < 1.29 is 45.1 Å². The van der Waals surface area contributed by atoms with E-state index in [0.717, 1.165) is 0 Å². The predicted molar refractivity (Wildman–Crippen MR) is 43.5 cm³/mol. The molecule has 0 aliphatic heterocycles. The van der Waals surface area contributed by atoms with Crippen LogP contribution in [0.25, 0.3) is 0 Å². The van der Waals surface area contributed by atoms with Gasteiger partial charge in [-0.1, -0.05) is 0 Å². The van der Waals surface area contributed by atoms with Gasteiger partial charge in [0.1, 0.15) is 0 Å². The standard InChI is InChI=1S/Na.2H3O3P.3H2O/c;2*1-4(2)3;;;/h;2*4H,(H2,1,2,3);3*1H2. The Morgan fingerprint density at radius 2 is 0.667 bits per heavy atom. The third-order valence-electron chi connectivity index (χ3n) is 0. The van der Waals surface area contributed by atoms with Gasteiger partial charge in [-0.25, -0.2) is 0 Å². The van der Waals surface area contributed by atoms with Crippen molar-refractivity contribution in [1.29, 1.82) is 0 Å². The molecule has 0 aromatic heterocycles. The summed E-state index contributed by atoms with van der Waals surface area (Å²) < 4.78 is 17.5. The van der Waals surface area contributed by atoms with Crippen molar-refractivity contribution in [3.05, 3.63) is 0 Å². The first kappa shape index (κ1) is 37.9. The van der Waals surface area contributed by atoms with Crippen LogP contribution in [0.1, 0.15) is 0 Å². The van der Waals surface area contributed by atoms with Gasteiger partial charge in [-0.05, 0) is 0 Å². The van der Waals surface area contributed by atoms with E-state index in [9.17, 15) is 0 Å². The molecule has 12 heteroatoms. The van der Waals surface area contributed by atoms with Crippen LogP contribution in [-0.4, -0.2) is 65.6 Å². The Morgan fingerprint density at radius 1 is 0.667 bits per heavy atom. The van der Waals surface area contributed by atoms with Crippen molar-refractivity contribution in [3.63, 3.8) is 0 Å². The molecule has 77 valence electrons. The minimum atomic E-state index is -3.13. The van der Waals surface area contributed by atoms with Crippen molar-refractivity contribution in [2.24, 2.45) is 0 Å². The number of hydrogen-bond donors (Lipinski definition) is 4. The fourth-order valence-electron chi connectivity index (χ4n) is 0. The van der Waals surface area contributed by atoms with Gasteiger partial charge in [0.05, 0.1) is 0 Å². The molecule has 0 aliphatic carbocycles. The average molecular weight is 241 g/mol. The van der Waals surface area contributed by atoms with Gasteiger partial charge in [0, 0.05) is 29.6 Å². The van der Waals surface area contributed by atoms with Gasteiger partial charge in [-0.2, -0.15) is 0 Å². The Morgan fingerprint density at radius 3 is 0.667 bits per heavy atom. The van der Waals surface area contributed by atoms with E-state index >= 15 is 0 Å². The second-order valence-corrected chi connectivity index (χ2v) is 1.70. The van der Waals surface area contributed by atoms with Gasteiger partial charge in [-0.15, -0.1) is 0 Å². The average Bonchev–Trinajstić information content (AvgIpc) is 1.25. The molecular weight excluding hydrogens is 229 g/mol. The van der Waals surface area contributed by atoms with E-state index in [4.69, 9.17) is 28.7 Å². The van der Waals surface area contributed by atoms with Crippen LogP contribution in [0, 0.1) is 0 Å². The minimum absolute atomic E-state index is 0. The summed E-state index contributed by atoms with van der Waals surface area (Å²) in [7, 11) is -6.26. The molecule has 0 aliphatic rings. The Kier molecular flexibility index (Phi) is 93.3. The molecule has 0 unspecified atom stereocenters. The summed E-state index contributed by atoms with van der Waals surface area (Å²) in [5.41, 5.74) is 0. The molecule has 0 atom stereocenters. The molecule has 12 heavy (non-hydrogen) atoms. The van der Waals surface area contributed by atoms with E-state index in [1.807, 2.05) is 0 Å². The predicted octanol–water partition coefficient (Wildman–Crippen LogP) is -4.13. The quantitative estimate of drug-likeness (QED) is 0.244. The number of hydrogen-bond acceptors (Lipinski definition) is 2. The van der Waals surface area contributed by atoms with E-state index in [0.29, 0.717) is 0 Å². The summed E-state index contributed by atoms with van der Waals surface area (Å²) in [6, 6.07) is 0. The van der Waals surface area contributed by atoms with Crippen LogP contribution >= 0.6 is 16.5 Å². The van der Waals surface area contributed by atoms with Crippen molar-refractivity contribution >= 4 is 46.1 Å². The minimum Gasteiger partial charge on any atom is -0.412 e. The van der Waals surface area contributed by atoms with Gasteiger partial charge in [0.15, 0.2) is 0 Å². The topological polar surface area (TPSA) is 210 Å². The monoisotopic (exact) mass is 241 g/mol. The molecule has 0 amide bonds. The maximum absolute atomic E-state index is 8.74. The van der Waals surface area contributed by atoms with E-state index in [1.165, 1.54) is 0 Å². The van der Waals surface area contributed by atoms with Crippen molar-refractivity contribution in [3.8, 4) is 0 Å². The zero-order chi connectivity index (χ0) is 7.15. The van der Waals surface area contributed by atoms with Crippen LogP contribution in [0.4, 0.5) is 0 Å². The molecule has 0 saturated heterocycles. The van der Waals surface area contributed by atoms with E-state index in [1.54, 1.807) is 0 Å². The van der Waals surface area contributed by atoms with Crippen molar-refractivity contribution in [1.82, 2.24) is 0 Å². The van der Waals surface area contributed by atoms with Gasteiger partial charge < -0.3 is 36.0 Å². The fourth-order valence-corrected chi connectivity index (χ4v) is 0. The van der Waals surface area contributed by atoms with Gasteiger partial charge in [0.25, 0.3) is 0 Å². The van der Waals surface area contributed by atoms with Crippen molar-refractivity contribution in [2.45, 2.75) is 0 Å². The van der Waals surface area contributed by atoms with Gasteiger partial charge >= 0.3 is 16.5 Å². The van der Waals surface area contributed by atoms with Crippen LogP contribution in [-0.2, 0) is 9.13 Å². The molecule has 0 aromatic carbocycles. The van der Waals surface area contributed by atoms with Crippen LogP contribution in [0.3, 0.4) is 0 Å². The summed E-state index contributed by atoms with van der Waals surface area (Å²) in [6.45, 7) is 0. The largest absolute Gasteiger partial charge is 0.412 e. The second-order valence-electron chi connectivity index (χ2n) is 0.565. The third-order valence-corrected chi connectivity index (χ3v) is 0. The van der Waals surface area contributed by atoms with Crippen LogP contribution in [0.5, 0.6) is 0 Å². The molecular formula is H12NaO9P2. The summed E-state index contributed by atoms with van der Waals surface area (Å²) in [5, 5.41) is 0. The smallest absolute Gasteiger partial charge is 0.314 e. The Bertz CT molecular complexity index is 70.5. The van der Waals surface area contributed by atoms with Crippen LogP contribution in [0.2, 0.25) is 0 Å². The summed E-state index contributed by atoms with van der Waals surface area (Å²) in [5.74, 6) is 0. The maximum Gasteiger partial charge on any atom is 0.314 e. The first-order valence-corrected chi connectivity index (χ1v) is 3.91. The van der Waals surface area contributed by atoms with Gasteiger partial charge in [0.2, 0.25) is 0 Å². The Hall–Kier alpha value is 1.18. The molecule has 0 saturated carbocycles. The van der Waals surface area contributed by atoms with E-state index < -0.39 is 16.5 Å². The summed E-state index contributed by atoms with van der Waals surface area (Å²) in [4.78, 5) is 28.6. The SMILES string of the molecule is O.O.O.O=[PH](O)O.O=[PH](O)O.[Na]. The second kappa shape index (κ2) is 29.5. The van der Waals surface area contributed by atoms with E-state index in [-0.39, 0.29) is 46.0 Å². The van der Waals surface area contributed by atoms with Crippen LogP contribution in [0.15, 0.2) is 0 Å². The molecule has 0 fully saturated rings. The molecule has 0 heterocycles. The Labute approximate surface area is 91.2 Å². The first-order chi connectivity index (χ1) is 3.46. The molecule has 10 N–H and O–H groups in total. The van der Waals surface area contributed by atoms with Crippen molar-refractivity contribution in [2.75, 3.05) is 0 Å².